The summed E-state index contributed by atoms with van der Waals surface area (Å²) in [6.07, 6.45) is 1.80. The number of hydrogen-bond acceptors (Lipinski definition) is 4. The predicted octanol–water partition coefficient (Wildman–Crippen LogP) is 2.92. The molecule has 6 nitrogen and oxygen atoms in total. The van der Waals surface area contributed by atoms with Gasteiger partial charge in [-0.05, 0) is 23.8 Å². The topological polar surface area (TPSA) is 88.2 Å². The van der Waals surface area contributed by atoms with Gasteiger partial charge in [-0.2, -0.15) is 9.78 Å². The standard InChI is InChI=1S/C16H12ClN3O3/c17-13-4-2-1-3-10(13)7-12-9-15(21)20(19-12)14-8-11(16(22)23)5-6-18-14/h1-6,8-9,21H,7H2,(H,22,23). The van der Waals surface area contributed by atoms with Crippen molar-refractivity contribution in [2.45, 2.75) is 6.42 Å². The molecule has 23 heavy (non-hydrogen) atoms. The molecule has 0 radical (unpaired) electrons. The van der Waals surface area contributed by atoms with E-state index in [9.17, 15) is 9.90 Å². The van der Waals surface area contributed by atoms with Crippen molar-refractivity contribution in [1.82, 2.24) is 14.8 Å². The highest BCUT2D eigenvalue weighted by Crippen LogP contribution is 2.22. The second-order valence-electron chi connectivity index (χ2n) is 4.88. The smallest absolute Gasteiger partial charge is 0.335 e. The Morgan fingerprint density at radius 3 is 2.74 bits per heavy atom. The van der Waals surface area contributed by atoms with E-state index in [1.165, 1.54) is 29.1 Å². The van der Waals surface area contributed by atoms with Gasteiger partial charge in [-0.3, -0.25) is 0 Å². The number of nitrogens with zero attached hydrogens (tertiary/aromatic N) is 3. The fourth-order valence-corrected chi connectivity index (χ4v) is 2.38. The normalized spacial score (nSPS) is 10.7. The van der Waals surface area contributed by atoms with Gasteiger partial charge in [0.1, 0.15) is 0 Å². The number of aromatic hydroxyl groups is 1. The number of carbonyl (C=O) groups is 1. The number of hydrogen-bond donors (Lipinski definition) is 2. The van der Waals surface area contributed by atoms with Gasteiger partial charge in [0.2, 0.25) is 5.88 Å². The number of rotatable bonds is 4. The SMILES string of the molecule is O=C(O)c1ccnc(-n2nc(Cc3ccccc3Cl)cc2O)c1. The third kappa shape index (κ3) is 3.17. The number of benzene rings is 1. The predicted molar refractivity (Wildman–Crippen MR) is 84.2 cm³/mol. The molecule has 0 bridgehead atoms. The van der Waals surface area contributed by atoms with Crippen LogP contribution in [0.1, 0.15) is 21.6 Å². The highest BCUT2D eigenvalue weighted by Gasteiger charge is 2.13. The lowest BCUT2D eigenvalue weighted by Gasteiger charge is -2.03. The maximum Gasteiger partial charge on any atom is 0.335 e. The zero-order valence-corrected chi connectivity index (χ0v) is 12.6. The first-order valence-corrected chi connectivity index (χ1v) is 7.13. The number of carboxylic acids is 1. The molecular formula is C16H12ClN3O3. The van der Waals surface area contributed by atoms with Crippen molar-refractivity contribution in [1.29, 1.82) is 0 Å². The summed E-state index contributed by atoms with van der Waals surface area (Å²) in [5, 5.41) is 24.0. The number of aromatic carboxylic acids is 1. The summed E-state index contributed by atoms with van der Waals surface area (Å²) in [6.45, 7) is 0. The zero-order chi connectivity index (χ0) is 16.4. The second-order valence-corrected chi connectivity index (χ2v) is 5.29. The van der Waals surface area contributed by atoms with Crippen LogP contribution in [0.15, 0.2) is 48.7 Å². The van der Waals surface area contributed by atoms with Crippen LogP contribution in [0.25, 0.3) is 5.82 Å². The van der Waals surface area contributed by atoms with E-state index in [1.807, 2.05) is 18.2 Å². The van der Waals surface area contributed by atoms with Gasteiger partial charge in [0.05, 0.1) is 11.3 Å². The third-order valence-electron chi connectivity index (χ3n) is 3.28. The van der Waals surface area contributed by atoms with Crippen LogP contribution < -0.4 is 0 Å². The zero-order valence-electron chi connectivity index (χ0n) is 11.8. The van der Waals surface area contributed by atoms with Gasteiger partial charge in [0, 0.05) is 23.7 Å². The van der Waals surface area contributed by atoms with Crippen molar-refractivity contribution in [3.63, 3.8) is 0 Å². The average Bonchev–Trinajstić information content (AvgIpc) is 2.90. The van der Waals surface area contributed by atoms with E-state index in [4.69, 9.17) is 16.7 Å². The molecule has 0 atom stereocenters. The molecule has 0 fully saturated rings. The van der Waals surface area contributed by atoms with Gasteiger partial charge in [0.15, 0.2) is 5.82 Å². The Kier molecular flexibility index (Phi) is 3.99. The fourth-order valence-electron chi connectivity index (χ4n) is 2.18. The van der Waals surface area contributed by atoms with Gasteiger partial charge in [0.25, 0.3) is 0 Å². The van der Waals surface area contributed by atoms with Gasteiger partial charge < -0.3 is 10.2 Å². The van der Waals surface area contributed by atoms with Crippen LogP contribution in [0, 0.1) is 0 Å². The first kappa shape index (κ1) is 15.1. The first-order chi connectivity index (χ1) is 11.0. The van der Waals surface area contributed by atoms with Crippen molar-refractivity contribution in [2.24, 2.45) is 0 Å². The van der Waals surface area contributed by atoms with Gasteiger partial charge in [-0.1, -0.05) is 29.8 Å². The molecule has 0 saturated carbocycles. The summed E-state index contributed by atoms with van der Waals surface area (Å²) in [5.41, 5.74) is 1.54. The summed E-state index contributed by atoms with van der Waals surface area (Å²) in [5.74, 6) is -0.966. The molecule has 3 rings (SSSR count). The maximum absolute atomic E-state index is 11.0. The number of pyridine rings is 1. The lowest BCUT2D eigenvalue weighted by atomic mass is 10.1. The molecule has 0 aliphatic heterocycles. The second kappa shape index (κ2) is 6.10. The van der Waals surface area contributed by atoms with Crippen LogP contribution in [0.2, 0.25) is 5.02 Å². The molecule has 0 aliphatic rings. The summed E-state index contributed by atoms with van der Waals surface area (Å²) in [4.78, 5) is 15.1. The van der Waals surface area contributed by atoms with E-state index >= 15 is 0 Å². The van der Waals surface area contributed by atoms with Gasteiger partial charge >= 0.3 is 5.97 Å². The first-order valence-electron chi connectivity index (χ1n) is 6.75. The number of aromatic nitrogens is 3. The summed E-state index contributed by atoms with van der Waals surface area (Å²) in [7, 11) is 0. The fraction of sp³-hybridized carbons (Fsp3) is 0.0625. The molecule has 0 unspecified atom stereocenters. The molecule has 2 heterocycles. The van der Waals surface area contributed by atoms with Gasteiger partial charge in [-0.25, -0.2) is 9.78 Å². The Morgan fingerprint density at radius 1 is 1.22 bits per heavy atom. The monoisotopic (exact) mass is 329 g/mol. The lowest BCUT2D eigenvalue weighted by molar-refractivity contribution is 0.0696. The van der Waals surface area contributed by atoms with E-state index in [1.54, 1.807) is 6.07 Å². The summed E-state index contributed by atoms with van der Waals surface area (Å²) < 4.78 is 1.19. The molecule has 3 aromatic rings. The molecular weight excluding hydrogens is 318 g/mol. The van der Waals surface area contributed by atoms with Crippen molar-refractivity contribution in [2.75, 3.05) is 0 Å². The van der Waals surface area contributed by atoms with Crippen LogP contribution in [0.5, 0.6) is 5.88 Å². The minimum absolute atomic E-state index is 0.0672. The van der Waals surface area contributed by atoms with E-state index in [0.717, 1.165) is 5.56 Å². The number of halogens is 1. The molecule has 0 aliphatic carbocycles. The van der Waals surface area contributed by atoms with Crippen LogP contribution in [0.4, 0.5) is 0 Å². The minimum Gasteiger partial charge on any atom is -0.493 e. The Bertz CT molecular complexity index is 877. The molecule has 0 amide bonds. The van der Waals surface area contributed by atoms with E-state index < -0.39 is 5.97 Å². The Hall–Kier alpha value is -2.86. The molecule has 2 aromatic heterocycles. The third-order valence-corrected chi connectivity index (χ3v) is 3.65. The van der Waals surface area contributed by atoms with E-state index in [-0.39, 0.29) is 17.3 Å². The summed E-state index contributed by atoms with van der Waals surface area (Å²) in [6, 6.07) is 11.6. The summed E-state index contributed by atoms with van der Waals surface area (Å²) >= 11 is 6.12. The number of carboxylic acid groups (broad SMARTS) is 1. The molecule has 0 saturated heterocycles. The highest BCUT2D eigenvalue weighted by atomic mass is 35.5. The highest BCUT2D eigenvalue weighted by molar-refractivity contribution is 6.31. The van der Waals surface area contributed by atoms with Crippen LogP contribution in [-0.4, -0.2) is 30.9 Å². The quantitative estimate of drug-likeness (QED) is 0.768. The minimum atomic E-state index is -1.07. The molecule has 7 heteroatoms. The van der Waals surface area contributed by atoms with Crippen LogP contribution in [0.3, 0.4) is 0 Å². The molecule has 2 N–H and O–H groups in total. The largest absolute Gasteiger partial charge is 0.493 e. The van der Waals surface area contributed by atoms with Crippen LogP contribution in [-0.2, 0) is 6.42 Å². The Morgan fingerprint density at radius 2 is 2.00 bits per heavy atom. The van der Waals surface area contributed by atoms with Gasteiger partial charge in [-0.15, -0.1) is 0 Å². The molecule has 0 spiro atoms. The van der Waals surface area contributed by atoms with Crippen LogP contribution >= 0.6 is 11.6 Å². The van der Waals surface area contributed by atoms with Crippen molar-refractivity contribution < 1.29 is 15.0 Å². The maximum atomic E-state index is 11.0. The molecule has 116 valence electrons. The lowest BCUT2D eigenvalue weighted by Crippen LogP contribution is -2.04. The Labute approximate surface area is 136 Å². The Balaban J connectivity index is 1.94. The van der Waals surface area contributed by atoms with Crippen molar-refractivity contribution in [3.05, 3.63) is 70.5 Å². The van der Waals surface area contributed by atoms with Crippen molar-refractivity contribution in [3.8, 4) is 11.7 Å². The van der Waals surface area contributed by atoms with E-state index in [2.05, 4.69) is 10.1 Å². The average molecular weight is 330 g/mol. The van der Waals surface area contributed by atoms with Crippen molar-refractivity contribution >= 4 is 17.6 Å². The molecule has 1 aromatic carbocycles. The van der Waals surface area contributed by atoms with E-state index in [0.29, 0.717) is 17.1 Å².